The van der Waals surface area contributed by atoms with E-state index in [1.54, 1.807) is 38.5 Å². The fourth-order valence-corrected chi connectivity index (χ4v) is 8.85. The van der Waals surface area contributed by atoms with Gasteiger partial charge in [-0.3, -0.25) is 19.4 Å². The molecule has 4 aromatic carbocycles. The summed E-state index contributed by atoms with van der Waals surface area (Å²) < 4.78 is 31.8. The zero-order valence-electron chi connectivity index (χ0n) is 35.1. The summed E-state index contributed by atoms with van der Waals surface area (Å²) in [4.78, 5) is 31.7. The lowest BCUT2D eigenvalue weighted by molar-refractivity contribution is 0.0651. The maximum absolute atomic E-state index is 12.8. The van der Waals surface area contributed by atoms with Crippen LogP contribution in [0.15, 0.2) is 102 Å². The molecule has 314 valence electrons. The molecule has 2 unspecified atom stereocenters. The molecule has 2 amide bonds. The maximum Gasteiger partial charge on any atom is 0.261 e. The summed E-state index contributed by atoms with van der Waals surface area (Å²) in [6.45, 7) is 2.56. The van der Waals surface area contributed by atoms with E-state index in [0.29, 0.717) is 83.8 Å². The first-order chi connectivity index (χ1) is 29.2. The van der Waals surface area contributed by atoms with E-state index >= 15 is 0 Å². The van der Waals surface area contributed by atoms with Gasteiger partial charge in [0, 0.05) is 31.6 Å². The minimum atomic E-state index is -0.221. The molecule has 8 bridgehead atoms. The number of imide groups is 1. The molecule has 5 aliphatic heterocycles. The Balaban J connectivity index is 1.08. The molecule has 1 N–H and O–H groups in total. The van der Waals surface area contributed by atoms with Gasteiger partial charge in [-0.15, -0.1) is 0 Å². The number of methoxy groups -OCH3 is 2. The van der Waals surface area contributed by atoms with Gasteiger partial charge in [-0.2, -0.15) is 0 Å². The number of amides is 2. The first kappa shape index (κ1) is 41.0. The van der Waals surface area contributed by atoms with Crippen molar-refractivity contribution < 1.29 is 38.4 Å². The summed E-state index contributed by atoms with van der Waals surface area (Å²) in [5.74, 6) is 3.73. The summed E-state index contributed by atoms with van der Waals surface area (Å²) in [7, 11) is 7.57. The standard InChI is InChI=1S/C49H55N3O8/c1-50-22-10-8-14-43(56-3)47(57-4)46-30-35(50)26-33-17-20-42(58-25-11-5-9-23-52-48(54)37-12-6-7-13-38(37)49(52)55)45(28-33)59-36-18-15-32(16-19-36)27-40-39-31-44(60-46)41(53)29-34(39)21-24-51(40)2/h6-7,12-20,28-29,31,35,40,53H,5,8-11,21-27,30H2,1-4H3/b43-14+,47-46-. The molecule has 2 atom stereocenters. The molecule has 0 radical (unpaired) electrons. The third kappa shape index (κ3) is 8.74. The summed E-state index contributed by atoms with van der Waals surface area (Å²) in [6.07, 6.45) is 8.75. The molecule has 11 heteroatoms. The number of carbonyl (C=O) groups excluding carboxylic acids is 2. The van der Waals surface area contributed by atoms with Crippen LogP contribution < -0.4 is 14.2 Å². The average Bonchev–Trinajstić information content (AvgIpc) is 3.49. The van der Waals surface area contributed by atoms with Crippen LogP contribution >= 0.6 is 0 Å². The van der Waals surface area contributed by atoms with E-state index in [4.69, 9.17) is 23.7 Å². The Labute approximate surface area is 352 Å². The maximum atomic E-state index is 12.8. The third-order valence-corrected chi connectivity index (χ3v) is 12.3. The van der Waals surface area contributed by atoms with Gasteiger partial charge in [0.15, 0.2) is 40.3 Å². The van der Waals surface area contributed by atoms with Crippen molar-refractivity contribution in [2.45, 2.75) is 69.9 Å². The number of ether oxygens (including phenoxy) is 5. The fourth-order valence-electron chi connectivity index (χ4n) is 8.85. The van der Waals surface area contributed by atoms with Gasteiger partial charge in [-0.25, -0.2) is 0 Å². The Morgan fingerprint density at radius 2 is 1.53 bits per heavy atom. The molecule has 0 saturated heterocycles. The van der Waals surface area contributed by atoms with Gasteiger partial charge in [-0.1, -0.05) is 30.3 Å². The van der Waals surface area contributed by atoms with Gasteiger partial charge < -0.3 is 33.7 Å². The molecular weight excluding hydrogens is 759 g/mol. The van der Waals surface area contributed by atoms with Crippen LogP contribution in [0.25, 0.3) is 0 Å². The number of nitrogens with zero attached hydrogens (tertiary/aromatic N) is 3. The highest BCUT2D eigenvalue weighted by atomic mass is 16.5. The highest BCUT2D eigenvalue weighted by Gasteiger charge is 2.35. The SMILES string of the molecule is COC1=C2/CC(Cc3ccc(OCCCCCN4C(=O)c5ccccc5C4=O)c(c3)Oc3ccc(cc3)CC3c4cc(c(O)cc4CCN3C)O2)N(C)CCC/C=C\1OC. The van der Waals surface area contributed by atoms with Gasteiger partial charge in [0.2, 0.25) is 0 Å². The topological polar surface area (TPSA) is 110 Å². The number of allylic oxidation sites excluding steroid dienone is 1. The van der Waals surface area contributed by atoms with Crippen molar-refractivity contribution in [2.75, 3.05) is 54.6 Å². The van der Waals surface area contributed by atoms with Crippen molar-refractivity contribution in [2.24, 2.45) is 0 Å². The number of hydrogen-bond acceptors (Lipinski definition) is 10. The normalized spacial score (nSPS) is 21.8. The van der Waals surface area contributed by atoms with Crippen LogP contribution in [0.2, 0.25) is 0 Å². The second kappa shape index (κ2) is 18.2. The second-order valence-corrected chi connectivity index (χ2v) is 16.2. The Kier molecular flexibility index (Phi) is 12.5. The van der Waals surface area contributed by atoms with E-state index in [2.05, 4.69) is 54.2 Å². The number of likely N-dealkylation sites (N-methyl/N-ethyl adjacent to an activating group) is 2. The van der Waals surface area contributed by atoms with Crippen LogP contribution in [0.5, 0.6) is 28.7 Å². The second-order valence-electron chi connectivity index (χ2n) is 16.2. The Morgan fingerprint density at radius 3 is 2.28 bits per heavy atom. The summed E-state index contributed by atoms with van der Waals surface area (Å²) >= 11 is 0. The summed E-state index contributed by atoms with van der Waals surface area (Å²) in [5.41, 5.74) is 5.43. The minimum absolute atomic E-state index is 0.0139. The number of unbranched alkanes of at least 4 members (excludes halogenated alkanes) is 2. The van der Waals surface area contributed by atoms with Crippen LogP contribution in [0.3, 0.4) is 0 Å². The van der Waals surface area contributed by atoms with Crippen LogP contribution in [-0.4, -0.2) is 92.2 Å². The number of fused-ring (bicyclic) bond motifs is 3. The summed E-state index contributed by atoms with van der Waals surface area (Å²) in [5, 5.41) is 11.5. The highest BCUT2D eigenvalue weighted by Crippen LogP contribution is 2.42. The third-order valence-electron chi connectivity index (χ3n) is 12.3. The van der Waals surface area contributed by atoms with Crippen LogP contribution in [0, 0.1) is 0 Å². The van der Waals surface area contributed by atoms with Crippen LogP contribution in [0.1, 0.15) is 87.5 Å². The molecule has 0 aliphatic carbocycles. The van der Waals surface area contributed by atoms with E-state index in [1.807, 2.05) is 30.3 Å². The number of phenols is 1. The first-order valence-corrected chi connectivity index (χ1v) is 21.1. The zero-order valence-corrected chi connectivity index (χ0v) is 35.1. The average molecular weight is 814 g/mol. The number of rotatable bonds is 9. The number of hydrogen-bond donors (Lipinski definition) is 1. The van der Waals surface area contributed by atoms with Crippen molar-refractivity contribution >= 4 is 11.8 Å². The molecule has 5 aliphatic rings. The number of phenolic OH excluding ortho intramolecular Hbond substituents is 1. The van der Waals surface area contributed by atoms with E-state index < -0.39 is 0 Å². The molecule has 4 aromatic rings. The smallest absolute Gasteiger partial charge is 0.261 e. The van der Waals surface area contributed by atoms with Crippen LogP contribution in [0.4, 0.5) is 0 Å². The molecular formula is C49H55N3O8. The lowest BCUT2D eigenvalue weighted by atomic mass is 9.88. The van der Waals surface area contributed by atoms with Gasteiger partial charge >= 0.3 is 0 Å². The number of benzene rings is 4. The molecule has 0 spiro atoms. The van der Waals surface area contributed by atoms with Crippen molar-refractivity contribution in [3.8, 4) is 28.7 Å². The Morgan fingerprint density at radius 1 is 0.767 bits per heavy atom. The van der Waals surface area contributed by atoms with Crippen molar-refractivity contribution in [1.82, 2.24) is 14.7 Å². The Hall–Kier alpha value is -5.78. The minimum Gasteiger partial charge on any atom is -0.504 e. The highest BCUT2D eigenvalue weighted by molar-refractivity contribution is 6.21. The quantitative estimate of drug-likeness (QED) is 0.130. The summed E-state index contributed by atoms with van der Waals surface area (Å²) in [6, 6.07) is 25.3. The number of carbonyl (C=O) groups is 2. The van der Waals surface area contributed by atoms with Crippen molar-refractivity contribution in [3.05, 3.63) is 136 Å². The van der Waals surface area contributed by atoms with E-state index in [0.717, 1.165) is 73.9 Å². The molecule has 0 saturated carbocycles. The predicted molar refractivity (Wildman–Crippen MR) is 229 cm³/mol. The monoisotopic (exact) mass is 813 g/mol. The fraction of sp³-hybridized carbons (Fsp3) is 0.388. The zero-order chi connectivity index (χ0) is 41.8. The molecule has 11 nitrogen and oxygen atoms in total. The van der Waals surface area contributed by atoms with Gasteiger partial charge in [0.25, 0.3) is 11.8 Å². The molecule has 60 heavy (non-hydrogen) atoms. The lowest BCUT2D eigenvalue weighted by Crippen LogP contribution is -2.36. The van der Waals surface area contributed by atoms with E-state index in [1.165, 1.54) is 4.90 Å². The molecule has 0 aromatic heterocycles. The first-order valence-electron chi connectivity index (χ1n) is 21.1. The van der Waals surface area contributed by atoms with Crippen LogP contribution in [-0.2, 0) is 28.7 Å². The van der Waals surface area contributed by atoms with E-state index in [9.17, 15) is 14.7 Å². The molecule has 0 fully saturated rings. The van der Waals surface area contributed by atoms with Gasteiger partial charge in [-0.05, 0) is 149 Å². The van der Waals surface area contributed by atoms with Crippen molar-refractivity contribution in [3.63, 3.8) is 0 Å². The molecule has 5 heterocycles. The molecule has 9 rings (SSSR count). The van der Waals surface area contributed by atoms with Gasteiger partial charge in [0.1, 0.15) is 5.75 Å². The number of aromatic hydroxyl groups is 1. The largest absolute Gasteiger partial charge is 0.504 e. The van der Waals surface area contributed by atoms with E-state index in [-0.39, 0.29) is 29.6 Å². The predicted octanol–water partition coefficient (Wildman–Crippen LogP) is 8.61. The lowest BCUT2D eigenvalue weighted by Gasteiger charge is -2.35. The van der Waals surface area contributed by atoms with Crippen molar-refractivity contribution in [1.29, 1.82) is 0 Å². The Bertz CT molecular complexity index is 2250. The van der Waals surface area contributed by atoms with Gasteiger partial charge in [0.05, 0.1) is 32.0 Å².